The number of aryl methyl sites for hydroxylation is 1. The summed E-state index contributed by atoms with van der Waals surface area (Å²) < 4.78 is 3.78. The van der Waals surface area contributed by atoms with Crippen molar-refractivity contribution in [1.82, 2.24) is 19.3 Å². The number of carbonyl (C=O) groups excluding carboxylic acids is 1. The van der Waals surface area contributed by atoms with Gasteiger partial charge >= 0.3 is 0 Å². The third kappa shape index (κ3) is 3.58. The third-order valence-electron chi connectivity index (χ3n) is 3.65. The number of hydrogen-bond acceptors (Lipinski definition) is 5. The highest BCUT2D eigenvalue weighted by atomic mass is 79.9. The maximum atomic E-state index is 12.6. The van der Waals surface area contributed by atoms with Crippen molar-refractivity contribution in [2.24, 2.45) is 12.8 Å². The number of carbonyl (C=O) groups is 1. The fourth-order valence-corrected chi connectivity index (χ4v) is 3.43. The van der Waals surface area contributed by atoms with Gasteiger partial charge in [0.1, 0.15) is 0 Å². The predicted molar refractivity (Wildman–Crippen MR) is 105 cm³/mol. The summed E-state index contributed by atoms with van der Waals surface area (Å²) in [5.41, 5.74) is 6.57. The minimum Gasteiger partial charge on any atom is -0.366 e. The summed E-state index contributed by atoms with van der Waals surface area (Å²) in [4.78, 5) is 28.7. The second-order valence-electron chi connectivity index (χ2n) is 5.63. The Kier molecular flexibility index (Phi) is 5.28. The molecular weight excluding hydrogens is 418 g/mol. The van der Waals surface area contributed by atoms with E-state index in [1.54, 1.807) is 57.7 Å². The van der Waals surface area contributed by atoms with Crippen LogP contribution in [0.4, 0.5) is 0 Å². The average molecular weight is 434 g/mol. The van der Waals surface area contributed by atoms with Crippen molar-refractivity contribution < 1.29 is 4.79 Å². The highest BCUT2D eigenvalue weighted by molar-refractivity contribution is 9.10. The molecule has 0 saturated carbocycles. The fourth-order valence-electron chi connectivity index (χ4n) is 2.52. The van der Waals surface area contributed by atoms with Gasteiger partial charge in [-0.1, -0.05) is 6.07 Å². The summed E-state index contributed by atoms with van der Waals surface area (Å²) >= 11 is 4.87. The van der Waals surface area contributed by atoms with Gasteiger partial charge in [0.25, 0.3) is 0 Å². The molecule has 26 heavy (non-hydrogen) atoms. The van der Waals surface area contributed by atoms with Crippen LogP contribution in [0.1, 0.15) is 16.2 Å². The molecular formula is C17H16BrN5O2S. The zero-order valence-electron chi connectivity index (χ0n) is 14.1. The predicted octanol–water partition coefficient (Wildman–Crippen LogP) is 2.36. The lowest BCUT2D eigenvalue weighted by atomic mass is 10.2. The van der Waals surface area contributed by atoms with Gasteiger partial charge < -0.3 is 10.3 Å². The molecule has 1 aromatic carbocycles. The lowest BCUT2D eigenvalue weighted by Crippen LogP contribution is -2.14. The molecule has 0 radical (unpaired) electrons. The van der Waals surface area contributed by atoms with Gasteiger partial charge in [-0.2, -0.15) is 11.8 Å². The van der Waals surface area contributed by atoms with Crippen LogP contribution in [-0.2, 0) is 12.8 Å². The molecule has 0 fully saturated rings. The van der Waals surface area contributed by atoms with Crippen molar-refractivity contribution in [3.05, 3.63) is 62.7 Å². The minimum atomic E-state index is -0.531. The molecule has 134 valence electrons. The average Bonchev–Trinajstić information content (AvgIpc) is 3.02. The van der Waals surface area contributed by atoms with Crippen molar-refractivity contribution in [2.75, 3.05) is 6.26 Å². The van der Waals surface area contributed by atoms with E-state index in [2.05, 4.69) is 26.0 Å². The number of pyridine rings is 1. The number of halogens is 1. The first-order valence-corrected chi connectivity index (χ1v) is 9.80. The molecule has 2 N–H and O–H groups in total. The summed E-state index contributed by atoms with van der Waals surface area (Å²) in [7, 11) is 1.82. The first-order chi connectivity index (χ1) is 12.4. The van der Waals surface area contributed by atoms with Gasteiger partial charge in [0.15, 0.2) is 11.6 Å². The van der Waals surface area contributed by atoms with E-state index < -0.39 is 5.91 Å². The maximum absolute atomic E-state index is 12.6. The Morgan fingerprint density at radius 2 is 2.12 bits per heavy atom. The van der Waals surface area contributed by atoms with E-state index in [-0.39, 0.29) is 5.43 Å². The molecule has 9 heteroatoms. The Balaban J connectivity index is 2.25. The standard InChI is InChI=1S/C17H16BrN5O2S/c1-22-7-12(15(24)13(18)8-22)17-20-14(9-26-2)21-23(17)11-5-3-4-10(6-11)16(19)25/h3-8H,9H2,1-2H3,(H2,19,25). The van der Waals surface area contributed by atoms with E-state index >= 15 is 0 Å². The number of hydrogen-bond donors (Lipinski definition) is 1. The zero-order valence-corrected chi connectivity index (χ0v) is 16.5. The molecule has 3 aromatic rings. The summed E-state index contributed by atoms with van der Waals surface area (Å²) in [5, 5.41) is 4.52. The van der Waals surface area contributed by atoms with Crippen LogP contribution in [0.5, 0.6) is 0 Å². The van der Waals surface area contributed by atoms with Gasteiger partial charge in [-0.3, -0.25) is 9.59 Å². The Morgan fingerprint density at radius 1 is 1.35 bits per heavy atom. The number of nitrogens with two attached hydrogens (primary N) is 1. The molecule has 0 unspecified atom stereocenters. The van der Waals surface area contributed by atoms with E-state index in [1.165, 1.54) is 0 Å². The molecule has 7 nitrogen and oxygen atoms in total. The molecule has 0 saturated heterocycles. The number of primary amides is 1. The molecule has 0 atom stereocenters. The van der Waals surface area contributed by atoms with Gasteiger partial charge in [0, 0.05) is 25.0 Å². The first kappa shape index (κ1) is 18.4. The number of aromatic nitrogens is 4. The number of benzene rings is 1. The van der Waals surface area contributed by atoms with E-state index in [0.717, 1.165) is 0 Å². The summed E-state index contributed by atoms with van der Waals surface area (Å²) in [6.45, 7) is 0. The topological polar surface area (TPSA) is 95.8 Å². The highest BCUT2D eigenvalue weighted by Gasteiger charge is 2.18. The SMILES string of the molecule is CSCc1nc(-c2cn(C)cc(Br)c2=O)n(-c2cccc(C(N)=O)c2)n1. The van der Waals surface area contributed by atoms with Crippen molar-refractivity contribution in [1.29, 1.82) is 0 Å². The summed E-state index contributed by atoms with van der Waals surface area (Å²) in [6, 6.07) is 6.76. The largest absolute Gasteiger partial charge is 0.366 e. The second kappa shape index (κ2) is 7.46. The van der Waals surface area contributed by atoms with Crippen LogP contribution < -0.4 is 11.2 Å². The van der Waals surface area contributed by atoms with Crippen LogP contribution in [0.25, 0.3) is 17.1 Å². The lowest BCUT2D eigenvalue weighted by molar-refractivity contribution is 0.100. The van der Waals surface area contributed by atoms with Crippen LogP contribution in [0.3, 0.4) is 0 Å². The number of nitrogens with zero attached hydrogens (tertiary/aromatic N) is 4. The summed E-state index contributed by atoms with van der Waals surface area (Å²) in [6.07, 6.45) is 5.34. The van der Waals surface area contributed by atoms with Gasteiger partial charge in [-0.25, -0.2) is 9.67 Å². The third-order valence-corrected chi connectivity index (χ3v) is 4.76. The Labute approximate surface area is 162 Å². The second-order valence-corrected chi connectivity index (χ2v) is 7.35. The van der Waals surface area contributed by atoms with Crippen molar-refractivity contribution in [3.8, 4) is 17.1 Å². The van der Waals surface area contributed by atoms with Crippen LogP contribution >= 0.6 is 27.7 Å². The molecule has 0 bridgehead atoms. The number of rotatable bonds is 5. The number of thioether (sulfide) groups is 1. The van der Waals surface area contributed by atoms with Crippen LogP contribution in [0.2, 0.25) is 0 Å². The van der Waals surface area contributed by atoms with Crippen LogP contribution in [0, 0.1) is 0 Å². The molecule has 2 aromatic heterocycles. The minimum absolute atomic E-state index is 0.182. The summed E-state index contributed by atoms with van der Waals surface area (Å²) in [5.74, 6) is 1.08. The Hall–Kier alpha value is -2.39. The van der Waals surface area contributed by atoms with E-state index in [9.17, 15) is 9.59 Å². The van der Waals surface area contributed by atoms with Gasteiger partial charge in [0.05, 0.1) is 21.5 Å². The normalized spacial score (nSPS) is 10.9. The van der Waals surface area contributed by atoms with E-state index in [1.807, 2.05) is 13.3 Å². The maximum Gasteiger partial charge on any atom is 0.248 e. The molecule has 0 aliphatic heterocycles. The molecule has 1 amide bonds. The van der Waals surface area contributed by atoms with E-state index in [4.69, 9.17) is 5.73 Å². The van der Waals surface area contributed by atoms with Gasteiger partial charge in [-0.15, -0.1) is 5.10 Å². The molecule has 3 rings (SSSR count). The first-order valence-electron chi connectivity index (χ1n) is 7.62. The fraction of sp³-hybridized carbons (Fsp3) is 0.176. The zero-order chi connectivity index (χ0) is 18.8. The smallest absolute Gasteiger partial charge is 0.248 e. The molecule has 0 aliphatic rings. The molecule has 0 aliphatic carbocycles. The van der Waals surface area contributed by atoms with Gasteiger partial charge in [0.2, 0.25) is 11.3 Å². The highest BCUT2D eigenvalue weighted by Crippen LogP contribution is 2.22. The number of amides is 1. The Morgan fingerprint density at radius 3 is 2.81 bits per heavy atom. The van der Waals surface area contributed by atoms with Crippen LogP contribution in [0.15, 0.2) is 45.9 Å². The molecule has 0 spiro atoms. The van der Waals surface area contributed by atoms with E-state index in [0.29, 0.717) is 38.7 Å². The Bertz CT molecular complexity index is 1040. The lowest BCUT2D eigenvalue weighted by Gasteiger charge is -2.08. The molecule has 2 heterocycles. The quantitative estimate of drug-likeness (QED) is 0.665. The van der Waals surface area contributed by atoms with Gasteiger partial charge in [-0.05, 0) is 40.4 Å². The van der Waals surface area contributed by atoms with Crippen molar-refractivity contribution in [3.63, 3.8) is 0 Å². The van der Waals surface area contributed by atoms with Crippen LogP contribution in [-0.4, -0.2) is 31.5 Å². The monoisotopic (exact) mass is 433 g/mol. The van der Waals surface area contributed by atoms with Crippen molar-refractivity contribution in [2.45, 2.75) is 5.75 Å². The van der Waals surface area contributed by atoms with Crippen molar-refractivity contribution >= 4 is 33.6 Å².